The van der Waals surface area contributed by atoms with Crippen LogP contribution >= 0.6 is 0 Å². The van der Waals surface area contributed by atoms with E-state index in [1.54, 1.807) is 0 Å². The van der Waals surface area contributed by atoms with Crippen LogP contribution in [0.5, 0.6) is 0 Å². The van der Waals surface area contributed by atoms with Crippen LogP contribution in [0, 0.1) is 5.41 Å². The SMILES string of the molecule is CCCCOC1CC(NC(=O)C2(N)CCCC2)C1(C)C. The number of nitrogens with two attached hydrogens (primary N) is 1. The van der Waals surface area contributed by atoms with Gasteiger partial charge in [-0.15, -0.1) is 0 Å². The summed E-state index contributed by atoms with van der Waals surface area (Å²) < 4.78 is 5.91. The number of carbonyl (C=O) groups excluding carboxylic acids is 1. The third-order valence-electron chi connectivity index (χ3n) is 5.25. The van der Waals surface area contributed by atoms with Crippen molar-refractivity contribution in [3.05, 3.63) is 0 Å². The van der Waals surface area contributed by atoms with Crippen molar-refractivity contribution in [1.29, 1.82) is 0 Å². The standard InChI is InChI=1S/C16H30N2O2/c1-4-5-10-20-13-11-12(15(13,2)3)18-14(19)16(17)8-6-7-9-16/h12-13H,4-11,17H2,1-3H3,(H,18,19). The molecule has 0 aliphatic heterocycles. The van der Waals surface area contributed by atoms with Crippen molar-refractivity contribution in [2.45, 2.75) is 83.4 Å². The number of amides is 1. The molecular formula is C16H30N2O2. The molecule has 2 saturated carbocycles. The van der Waals surface area contributed by atoms with Crippen LogP contribution in [0.3, 0.4) is 0 Å². The number of hydrogen-bond acceptors (Lipinski definition) is 3. The fourth-order valence-corrected chi connectivity index (χ4v) is 3.32. The van der Waals surface area contributed by atoms with Crippen LogP contribution in [-0.4, -0.2) is 30.2 Å². The van der Waals surface area contributed by atoms with E-state index in [2.05, 4.69) is 26.1 Å². The van der Waals surface area contributed by atoms with Gasteiger partial charge in [0.2, 0.25) is 5.91 Å². The molecule has 0 heterocycles. The zero-order valence-electron chi connectivity index (χ0n) is 13.2. The molecule has 1 amide bonds. The van der Waals surface area contributed by atoms with Gasteiger partial charge in [0.25, 0.3) is 0 Å². The fraction of sp³-hybridized carbons (Fsp3) is 0.938. The summed E-state index contributed by atoms with van der Waals surface area (Å²) in [5.74, 6) is 0.0417. The van der Waals surface area contributed by atoms with Gasteiger partial charge in [0.1, 0.15) is 0 Å². The van der Waals surface area contributed by atoms with E-state index in [1.807, 2.05) is 0 Å². The number of ether oxygens (including phenoxy) is 1. The average Bonchev–Trinajstić information content (AvgIpc) is 2.85. The number of unbranched alkanes of at least 4 members (excludes halogenated alkanes) is 1. The minimum absolute atomic E-state index is 0.0123. The molecule has 0 aromatic rings. The van der Waals surface area contributed by atoms with Gasteiger partial charge in [0.05, 0.1) is 11.6 Å². The van der Waals surface area contributed by atoms with Gasteiger partial charge in [-0.1, -0.05) is 40.0 Å². The maximum atomic E-state index is 12.3. The second-order valence-corrected chi connectivity index (χ2v) is 7.16. The minimum Gasteiger partial charge on any atom is -0.378 e. The van der Waals surface area contributed by atoms with Crippen molar-refractivity contribution in [3.63, 3.8) is 0 Å². The van der Waals surface area contributed by atoms with Crippen LogP contribution in [0.2, 0.25) is 0 Å². The Kier molecular flexibility index (Phi) is 4.75. The first kappa shape index (κ1) is 15.8. The topological polar surface area (TPSA) is 64.3 Å². The van der Waals surface area contributed by atoms with E-state index in [1.165, 1.54) is 0 Å². The molecule has 0 radical (unpaired) electrons. The van der Waals surface area contributed by atoms with E-state index in [0.717, 1.165) is 51.6 Å². The van der Waals surface area contributed by atoms with E-state index in [4.69, 9.17) is 10.5 Å². The van der Waals surface area contributed by atoms with Crippen molar-refractivity contribution in [2.24, 2.45) is 11.1 Å². The molecule has 0 bridgehead atoms. The van der Waals surface area contributed by atoms with E-state index in [0.29, 0.717) is 0 Å². The van der Waals surface area contributed by atoms with E-state index in [-0.39, 0.29) is 23.5 Å². The molecule has 0 spiro atoms. The Labute approximate surface area is 122 Å². The lowest BCUT2D eigenvalue weighted by atomic mass is 9.64. The molecule has 4 nitrogen and oxygen atoms in total. The molecule has 0 aromatic heterocycles. The average molecular weight is 282 g/mol. The van der Waals surface area contributed by atoms with Gasteiger partial charge in [-0.05, 0) is 25.7 Å². The van der Waals surface area contributed by atoms with Crippen LogP contribution in [0.25, 0.3) is 0 Å². The summed E-state index contributed by atoms with van der Waals surface area (Å²) in [4.78, 5) is 12.3. The van der Waals surface area contributed by atoms with Gasteiger partial charge in [0.15, 0.2) is 0 Å². The fourth-order valence-electron chi connectivity index (χ4n) is 3.32. The monoisotopic (exact) mass is 282 g/mol. The maximum Gasteiger partial charge on any atom is 0.240 e. The highest BCUT2D eigenvalue weighted by molar-refractivity contribution is 5.86. The Morgan fingerprint density at radius 2 is 2.00 bits per heavy atom. The summed E-state index contributed by atoms with van der Waals surface area (Å²) in [6, 6.07) is 0.197. The van der Waals surface area contributed by atoms with Gasteiger partial charge >= 0.3 is 0 Å². The summed E-state index contributed by atoms with van der Waals surface area (Å²) in [6.07, 6.45) is 7.22. The lowest BCUT2D eigenvalue weighted by Crippen LogP contribution is -2.65. The Hall–Kier alpha value is -0.610. The minimum atomic E-state index is -0.621. The van der Waals surface area contributed by atoms with Gasteiger partial charge < -0.3 is 15.8 Å². The molecule has 2 atom stereocenters. The van der Waals surface area contributed by atoms with Crippen LogP contribution in [-0.2, 0) is 9.53 Å². The Balaban J connectivity index is 1.81. The molecule has 3 N–H and O–H groups in total. The third-order valence-corrected chi connectivity index (χ3v) is 5.25. The lowest BCUT2D eigenvalue weighted by Gasteiger charge is -2.52. The van der Waals surface area contributed by atoms with Crippen molar-refractivity contribution in [2.75, 3.05) is 6.61 Å². The second-order valence-electron chi connectivity index (χ2n) is 7.16. The summed E-state index contributed by atoms with van der Waals surface area (Å²) in [7, 11) is 0. The van der Waals surface area contributed by atoms with Gasteiger partial charge in [-0.25, -0.2) is 0 Å². The molecule has 0 saturated heterocycles. The molecule has 0 aromatic carbocycles. The van der Waals surface area contributed by atoms with Crippen LogP contribution in [0.15, 0.2) is 0 Å². The van der Waals surface area contributed by atoms with Crippen molar-refractivity contribution in [1.82, 2.24) is 5.32 Å². The third kappa shape index (κ3) is 3.01. The Morgan fingerprint density at radius 1 is 1.35 bits per heavy atom. The first-order valence-corrected chi connectivity index (χ1v) is 8.11. The summed E-state index contributed by atoms with van der Waals surface area (Å²) in [6.45, 7) is 7.35. The van der Waals surface area contributed by atoms with Gasteiger partial charge in [0, 0.05) is 18.1 Å². The predicted molar refractivity (Wildman–Crippen MR) is 80.4 cm³/mol. The van der Waals surface area contributed by atoms with E-state index in [9.17, 15) is 4.79 Å². The summed E-state index contributed by atoms with van der Waals surface area (Å²) >= 11 is 0. The first-order chi connectivity index (χ1) is 9.40. The molecule has 116 valence electrons. The van der Waals surface area contributed by atoms with Crippen molar-refractivity contribution in [3.8, 4) is 0 Å². The Bertz CT molecular complexity index is 348. The highest BCUT2D eigenvalue weighted by Gasteiger charge is 2.51. The zero-order chi connectivity index (χ0) is 14.8. The smallest absolute Gasteiger partial charge is 0.240 e. The van der Waals surface area contributed by atoms with Crippen LogP contribution in [0.4, 0.5) is 0 Å². The van der Waals surface area contributed by atoms with E-state index < -0.39 is 5.54 Å². The summed E-state index contributed by atoms with van der Waals surface area (Å²) in [5, 5.41) is 3.17. The van der Waals surface area contributed by atoms with Crippen molar-refractivity contribution >= 4 is 5.91 Å². The van der Waals surface area contributed by atoms with Crippen LogP contribution in [0.1, 0.15) is 65.7 Å². The number of hydrogen-bond donors (Lipinski definition) is 2. The van der Waals surface area contributed by atoms with Crippen LogP contribution < -0.4 is 11.1 Å². The number of nitrogens with one attached hydrogen (secondary N) is 1. The zero-order valence-corrected chi connectivity index (χ0v) is 13.2. The molecule has 2 aliphatic rings. The molecule has 2 rings (SSSR count). The maximum absolute atomic E-state index is 12.3. The van der Waals surface area contributed by atoms with E-state index >= 15 is 0 Å². The first-order valence-electron chi connectivity index (χ1n) is 8.11. The molecule has 2 fully saturated rings. The molecule has 2 aliphatic carbocycles. The summed E-state index contributed by atoms with van der Waals surface area (Å²) in [5.41, 5.74) is 5.60. The lowest BCUT2D eigenvalue weighted by molar-refractivity contribution is -0.141. The molecule has 2 unspecified atom stereocenters. The Morgan fingerprint density at radius 3 is 2.55 bits per heavy atom. The predicted octanol–water partition coefficient (Wildman–Crippen LogP) is 2.36. The molecule has 20 heavy (non-hydrogen) atoms. The number of rotatable bonds is 6. The largest absolute Gasteiger partial charge is 0.378 e. The number of carbonyl (C=O) groups is 1. The second kappa shape index (κ2) is 6.02. The van der Waals surface area contributed by atoms with Crippen molar-refractivity contribution < 1.29 is 9.53 Å². The molecular weight excluding hydrogens is 252 g/mol. The quantitative estimate of drug-likeness (QED) is 0.735. The highest BCUT2D eigenvalue weighted by Crippen LogP contribution is 2.43. The highest BCUT2D eigenvalue weighted by atomic mass is 16.5. The van der Waals surface area contributed by atoms with Gasteiger partial charge in [-0.3, -0.25) is 4.79 Å². The normalized spacial score (nSPS) is 30.8. The van der Waals surface area contributed by atoms with Gasteiger partial charge in [-0.2, -0.15) is 0 Å². The molecule has 4 heteroatoms.